The molecule has 1 heterocycles. The number of nitrogens with zero attached hydrogens (tertiary/aromatic N) is 1. The summed E-state index contributed by atoms with van der Waals surface area (Å²) in [6.45, 7) is 0. The first-order valence-corrected chi connectivity index (χ1v) is 10.6. The highest BCUT2D eigenvalue weighted by Crippen LogP contribution is 2.44. The number of alkyl halides is 3. The average molecular weight is 465 g/mol. The predicted octanol–water partition coefficient (Wildman–Crippen LogP) is 5.48. The molecule has 0 spiro atoms. The van der Waals surface area contributed by atoms with E-state index in [2.05, 4.69) is 5.10 Å². The molecular formula is C18H13Cl2F3N2O3S. The molecule has 3 rings (SSSR count). The van der Waals surface area contributed by atoms with E-state index in [9.17, 15) is 21.6 Å². The minimum absolute atomic E-state index is 0.0303. The highest BCUT2D eigenvalue weighted by atomic mass is 35.5. The molecule has 29 heavy (non-hydrogen) atoms. The van der Waals surface area contributed by atoms with Crippen molar-refractivity contribution in [3.05, 3.63) is 52.1 Å². The van der Waals surface area contributed by atoms with Gasteiger partial charge < -0.3 is 4.74 Å². The molecule has 0 aliphatic heterocycles. The lowest BCUT2D eigenvalue weighted by Gasteiger charge is -2.12. The third-order valence-corrected chi connectivity index (χ3v) is 5.79. The molecule has 0 unspecified atom stereocenters. The zero-order valence-corrected chi connectivity index (χ0v) is 17.3. The SMILES string of the molecule is COc1c(Cl)cc(-c2c(-c3ccc(S(C)(=O)=O)cc3)n[nH]c2C(F)(F)F)cc1Cl. The normalized spacial score (nSPS) is 12.2. The van der Waals surface area contributed by atoms with E-state index in [0.29, 0.717) is 0 Å². The number of methoxy groups -OCH3 is 1. The summed E-state index contributed by atoms with van der Waals surface area (Å²) in [5, 5.41) is 5.88. The number of rotatable bonds is 4. The summed E-state index contributed by atoms with van der Waals surface area (Å²) in [4.78, 5) is 0.0323. The van der Waals surface area contributed by atoms with Crippen molar-refractivity contribution in [3.63, 3.8) is 0 Å². The number of H-pyrrole nitrogens is 1. The lowest BCUT2D eigenvalue weighted by Crippen LogP contribution is -2.07. The van der Waals surface area contributed by atoms with Crippen molar-refractivity contribution in [1.29, 1.82) is 0 Å². The Hall–Kier alpha value is -2.23. The predicted molar refractivity (Wildman–Crippen MR) is 104 cm³/mol. The van der Waals surface area contributed by atoms with Gasteiger partial charge in [0.15, 0.2) is 15.6 Å². The third kappa shape index (κ3) is 4.22. The molecule has 0 aliphatic rings. The first-order chi connectivity index (χ1) is 13.4. The Morgan fingerprint density at radius 2 is 1.59 bits per heavy atom. The molecule has 5 nitrogen and oxygen atoms in total. The van der Waals surface area contributed by atoms with E-state index in [0.717, 1.165) is 6.26 Å². The van der Waals surface area contributed by atoms with E-state index >= 15 is 0 Å². The van der Waals surface area contributed by atoms with Gasteiger partial charge in [-0.25, -0.2) is 8.42 Å². The fourth-order valence-corrected chi connectivity index (χ4v) is 4.07. The van der Waals surface area contributed by atoms with Crippen LogP contribution in [0.4, 0.5) is 13.2 Å². The molecule has 0 saturated heterocycles. The molecule has 11 heteroatoms. The summed E-state index contributed by atoms with van der Waals surface area (Å²) in [5.41, 5.74) is -1.03. The second-order valence-electron chi connectivity index (χ2n) is 6.09. The number of sulfone groups is 1. The number of hydrogen-bond acceptors (Lipinski definition) is 4. The monoisotopic (exact) mass is 464 g/mol. The molecule has 0 amide bonds. The fourth-order valence-electron chi connectivity index (χ4n) is 2.80. The Kier molecular flexibility index (Phi) is 5.59. The van der Waals surface area contributed by atoms with Crippen LogP contribution >= 0.6 is 23.2 Å². The van der Waals surface area contributed by atoms with Crippen molar-refractivity contribution in [2.45, 2.75) is 11.1 Å². The molecule has 1 aromatic heterocycles. The first kappa shape index (κ1) is 21.5. The first-order valence-electron chi connectivity index (χ1n) is 7.93. The zero-order valence-electron chi connectivity index (χ0n) is 14.9. The van der Waals surface area contributed by atoms with Crippen LogP contribution in [0.2, 0.25) is 10.0 Å². The Balaban J connectivity index is 2.25. The summed E-state index contributed by atoms with van der Waals surface area (Å²) < 4.78 is 69.1. The largest absolute Gasteiger partial charge is 0.494 e. The number of aromatic nitrogens is 2. The van der Waals surface area contributed by atoms with E-state index in [4.69, 9.17) is 27.9 Å². The van der Waals surface area contributed by atoms with Crippen molar-refractivity contribution in [2.75, 3.05) is 13.4 Å². The van der Waals surface area contributed by atoms with Crippen LogP contribution < -0.4 is 4.74 Å². The van der Waals surface area contributed by atoms with Crippen LogP contribution in [0, 0.1) is 0 Å². The van der Waals surface area contributed by atoms with Crippen molar-refractivity contribution < 1.29 is 26.3 Å². The van der Waals surface area contributed by atoms with Gasteiger partial charge in [0.05, 0.1) is 22.1 Å². The summed E-state index contributed by atoms with van der Waals surface area (Å²) >= 11 is 12.2. The molecule has 154 valence electrons. The third-order valence-electron chi connectivity index (χ3n) is 4.10. The van der Waals surface area contributed by atoms with Gasteiger partial charge in [0.1, 0.15) is 11.4 Å². The number of halogens is 5. The van der Waals surface area contributed by atoms with Gasteiger partial charge in [0.2, 0.25) is 0 Å². The summed E-state index contributed by atoms with van der Waals surface area (Å²) in [6, 6.07) is 7.93. The molecule has 3 aromatic rings. The smallest absolute Gasteiger partial charge is 0.433 e. The second kappa shape index (κ2) is 7.55. The van der Waals surface area contributed by atoms with E-state index in [1.54, 1.807) is 0 Å². The quantitative estimate of drug-likeness (QED) is 0.554. The van der Waals surface area contributed by atoms with Gasteiger partial charge in [-0.1, -0.05) is 35.3 Å². The van der Waals surface area contributed by atoms with Gasteiger partial charge in [0, 0.05) is 17.4 Å². The minimum atomic E-state index is -4.73. The lowest BCUT2D eigenvalue weighted by atomic mass is 9.98. The number of nitrogens with one attached hydrogen (secondary N) is 1. The Morgan fingerprint density at radius 1 is 1.03 bits per heavy atom. The van der Waals surface area contributed by atoms with E-state index in [1.807, 2.05) is 5.10 Å². The standard InChI is InChI=1S/C18H13Cl2F3N2O3S/c1-28-16-12(19)7-10(8-13(16)20)14-15(24-25-17(14)18(21,22)23)9-3-5-11(6-4-9)29(2,26)27/h3-8H,1-2H3,(H,24,25). The summed E-state index contributed by atoms with van der Waals surface area (Å²) in [6.07, 6.45) is -3.70. The molecule has 0 aliphatic carbocycles. The Labute approximate surface area is 174 Å². The van der Waals surface area contributed by atoms with E-state index < -0.39 is 21.7 Å². The van der Waals surface area contributed by atoms with Crippen molar-refractivity contribution in [2.24, 2.45) is 0 Å². The van der Waals surface area contributed by atoms with E-state index in [1.165, 1.54) is 43.5 Å². The number of aromatic amines is 1. The molecule has 0 bridgehead atoms. The fraction of sp³-hybridized carbons (Fsp3) is 0.167. The van der Waals surface area contributed by atoms with E-state index in [-0.39, 0.29) is 43.1 Å². The van der Waals surface area contributed by atoms with Crippen molar-refractivity contribution >= 4 is 33.0 Å². The summed E-state index contributed by atoms with van der Waals surface area (Å²) in [7, 11) is -2.12. The lowest BCUT2D eigenvalue weighted by molar-refractivity contribution is -0.140. The molecular weight excluding hydrogens is 452 g/mol. The van der Waals surface area contributed by atoms with Crippen LogP contribution in [0.15, 0.2) is 41.3 Å². The van der Waals surface area contributed by atoms with Crippen LogP contribution in [0.5, 0.6) is 5.75 Å². The van der Waals surface area contributed by atoms with Crippen molar-refractivity contribution in [1.82, 2.24) is 10.2 Å². The number of benzene rings is 2. The molecule has 0 atom stereocenters. The summed E-state index contributed by atoms with van der Waals surface area (Å²) in [5.74, 6) is 0.133. The maximum Gasteiger partial charge on any atom is 0.433 e. The molecule has 1 N–H and O–H groups in total. The van der Waals surface area contributed by atoms with Gasteiger partial charge in [-0.3, -0.25) is 5.10 Å². The number of hydrogen-bond donors (Lipinski definition) is 1. The topological polar surface area (TPSA) is 72.1 Å². The molecule has 2 aromatic carbocycles. The van der Waals surface area contributed by atoms with Crippen LogP contribution in [-0.4, -0.2) is 32.0 Å². The van der Waals surface area contributed by atoms with Crippen LogP contribution in [0.3, 0.4) is 0 Å². The van der Waals surface area contributed by atoms with Crippen molar-refractivity contribution in [3.8, 4) is 28.1 Å². The molecule has 0 radical (unpaired) electrons. The van der Waals surface area contributed by atoms with Gasteiger partial charge in [-0.05, 0) is 29.8 Å². The number of ether oxygens (including phenoxy) is 1. The maximum atomic E-state index is 13.6. The maximum absolute atomic E-state index is 13.6. The minimum Gasteiger partial charge on any atom is -0.494 e. The van der Waals surface area contributed by atoms with Gasteiger partial charge in [-0.2, -0.15) is 18.3 Å². The molecule has 0 fully saturated rings. The molecule has 0 saturated carbocycles. The highest BCUT2D eigenvalue weighted by molar-refractivity contribution is 7.90. The van der Waals surface area contributed by atoms with Crippen LogP contribution in [0.1, 0.15) is 5.69 Å². The highest BCUT2D eigenvalue weighted by Gasteiger charge is 2.38. The Bertz CT molecular complexity index is 1150. The van der Waals surface area contributed by atoms with Gasteiger partial charge >= 0.3 is 6.18 Å². The van der Waals surface area contributed by atoms with Gasteiger partial charge in [-0.15, -0.1) is 0 Å². The second-order valence-corrected chi connectivity index (χ2v) is 8.92. The van der Waals surface area contributed by atoms with Crippen LogP contribution in [-0.2, 0) is 16.0 Å². The zero-order chi connectivity index (χ0) is 21.6. The Morgan fingerprint density at radius 3 is 2.03 bits per heavy atom. The van der Waals surface area contributed by atoms with Gasteiger partial charge in [0.25, 0.3) is 0 Å². The van der Waals surface area contributed by atoms with Crippen LogP contribution in [0.25, 0.3) is 22.4 Å². The average Bonchev–Trinajstić information content (AvgIpc) is 3.06.